The first-order chi connectivity index (χ1) is 9.26. The normalized spacial score (nSPS) is 26.3. The molecule has 104 valence electrons. The molecule has 1 aromatic rings. The molecule has 1 heterocycles. The number of rotatable bonds is 2. The second kappa shape index (κ2) is 5.54. The summed E-state index contributed by atoms with van der Waals surface area (Å²) < 4.78 is 6.16. The summed E-state index contributed by atoms with van der Waals surface area (Å²) in [6.45, 7) is 3.07. The Balaban J connectivity index is 1.65. The third kappa shape index (κ3) is 3.11. The van der Waals surface area contributed by atoms with Crippen molar-refractivity contribution in [1.29, 1.82) is 0 Å². The maximum atomic E-state index is 6.16. The molecular weight excluding hydrogens is 234 g/mol. The van der Waals surface area contributed by atoms with E-state index in [0.29, 0.717) is 6.04 Å². The minimum Gasteiger partial charge on any atom is -0.382 e. The zero-order valence-corrected chi connectivity index (χ0v) is 12.0. The van der Waals surface area contributed by atoms with Crippen LogP contribution in [-0.2, 0) is 4.74 Å². The fourth-order valence-corrected chi connectivity index (χ4v) is 3.67. The van der Waals surface area contributed by atoms with Crippen LogP contribution in [0, 0.1) is 6.92 Å². The van der Waals surface area contributed by atoms with Crippen LogP contribution in [0.25, 0.3) is 0 Å². The summed E-state index contributed by atoms with van der Waals surface area (Å²) in [5.41, 5.74) is 2.78. The van der Waals surface area contributed by atoms with E-state index in [9.17, 15) is 0 Å². The molecular formula is C17H25NO. The fourth-order valence-electron chi connectivity index (χ4n) is 3.67. The molecule has 1 saturated carbocycles. The number of benzene rings is 1. The Labute approximate surface area is 116 Å². The van der Waals surface area contributed by atoms with Crippen LogP contribution in [0.2, 0.25) is 0 Å². The summed E-state index contributed by atoms with van der Waals surface area (Å²) in [6.07, 6.45) is 8.92. The van der Waals surface area contributed by atoms with Gasteiger partial charge in [0.05, 0.1) is 5.60 Å². The molecule has 2 fully saturated rings. The van der Waals surface area contributed by atoms with E-state index in [0.717, 1.165) is 13.0 Å². The first-order valence-corrected chi connectivity index (χ1v) is 7.73. The third-order valence-electron chi connectivity index (χ3n) is 4.65. The van der Waals surface area contributed by atoms with Gasteiger partial charge in [0.15, 0.2) is 0 Å². The molecule has 0 bridgehead atoms. The number of hydrogen-bond acceptors (Lipinski definition) is 2. The summed E-state index contributed by atoms with van der Waals surface area (Å²) in [4.78, 5) is 0. The summed E-state index contributed by atoms with van der Waals surface area (Å²) in [5.74, 6) is 0. The largest absolute Gasteiger partial charge is 0.382 e. The first-order valence-electron chi connectivity index (χ1n) is 7.73. The molecule has 1 atom stereocenters. The van der Waals surface area contributed by atoms with Crippen molar-refractivity contribution in [3.63, 3.8) is 0 Å². The van der Waals surface area contributed by atoms with Crippen LogP contribution in [-0.4, -0.2) is 18.2 Å². The van der Waals surface area contributed by atoms with Gasteiger partial charge >= 0.3 is 0 Å². The van der Waals surface area contributed by atoms with Crippen molar-refractivity contribution in [2.45, 2.75) is 63.5 Å². The zero-order valence-electron chi connectivity index (χ0n) is 12.0. The highest BCUT2D eigenvalue weighted by atomic mass is 16.5. The van der Waals surface area contributed by atoms with E-state index in [1.54, 1.807) is 0 Å². The number of hydrogen-bond donors (Lipinski definition) is 1. The molecule has 1 N–H and O–H groups in total. The lowest BCUT2D eigenvalue weighted by Crippen LogP contribution is -2.45. The molecule has 1 spiro atoms. The van der Waals surface area contributed by atoms with Gasteiger partial charge in [0.25, 0.3) is 0 Å². The average molecular weight is 259 g/mol. The van der Waals surface area contributed by atoms with Gasteiger partial charge in [0.2, 0.25) is 0 Å². The zero-order chi connectivity index (χ0) is 13.1. The Morgan fingerprint density at radius 2 is 2.05 bits per heavy atom. The third-order valence-corrected chi connectivity index (χ3v) is 4.65. The Morgan fingerprint density at radius 1 is 1.21 bits per heavy atom. The molecule has 2 nitrogen and oxygen atoms in total. The molecule has 2 heteroatoms. The van der Waals surface area contributed by atoms with Crippen molar-refractivity contribution in [2.75, 3.05) is 11.9 Å². The second-order valence-corrected chi connectivity index (χ2v) is 6.30. The molecule has 19 heavy (non-hydrogen) atoms. The van der Waals surface area contributed by atoms with Gasteiger partial charge < -0.3 is 10.1 Å². The molecule has 1 aromatic carbocycles. The molecule has 1 aliphatic carbocycles. The van der Waals surface area contributed by atoms with Crippen molar-refractivity contribution < 1.29 is 4.74 Å². The van der Waals surface area contributed by atoms with Gasteiger partial charge in [-0.15, -0.1) is 0 Å². The van der Waals surface area contributed by atoms with E-state index in [-0.39, 0.29) is 5.60 Å². The summed E-state index contributed by atoms with van der Waals surface area (Å²) in [7, 11) is 0. The van der Waals surface area contributed by atoms with Crippen LogP contribution >= 0.6 is 0 Å². The molecule has 2 aliphatic rings. The molecule has 0 amide bonds. The van der Waals surface area contributed by atoms with Crippen LogP contribution in [0.5, 0.6) is 0 Å². The van der Waals surface area contributed by atoms with Gasteiger partial charge in [0.1, 0.15) is 0 Å². The predicted octanol–water partition coefficient (Wildman–Crippen LogP) is 4.29. The number of nitrogens with one attached hydrogen (secondary N) is 1. The minimum absolute atomic E-state index is 0.192. The van der Waals surface area contributed by atoms with Crippen molar-refractivity contribution in [2.24, 2.45) is 0 Å². The highest BCUT2D eigenvalue weighted by molar-refractivity contribution is 5.46. The van der Waals surface area contributed by atoms with Crippen LogP contribution in [0.15, 0.2) is 24.3 Å². The monoisotopic (exact) mass is 259 g/mol. The van der Waals surface area contributed by atoms with Gasteiger partial charge in [-0.1, -0.05) is 31.4 Å². The van der Waals surface area contributed by atoms with Crippen LogP contribution in [0.1, 0.15) is 50.5 Å². The van der Waals surface area contributed by atoms with Crippen molar-refractivity contribution in [3.05, 3.63) is 29.8 Å². The summed E-state index contributed by atoms with van der Waals surface area (Å²) in [6, 6.07) is 9.28. The lowest BCUT2D eigenvalue weighted by molar-refractivity contribution is -0.103. The van der Waals surface area contributed by atoms with Crippen LogP contribution in [0.4, 0.5) is 5.69 Å². The molecule has 3 rings (SSSR count). The van der Waals surface area contributed by atoms with Crippen LogP contribution < -0.4 is 5.32 Å². The number of aryl methyl sites for hydroxylation is 1. The molecule has 0 aromatic heterocycles. The molecule has 1 unspecified atom stereocenters. The van der Waals surface area contributed by atoms with E-state index in [1.165, 1.54) is 49.8 Å². The maximum absolute atomic E-state index is 6.16. The minimum atomic E-state index is 0.192. The fraction of sp³-hybridized carbons (Fsp3) is 0.647. The predicted molar refractivity (Wildman–Crippen MR) is 79.6 cm³/mol. The van der Waals surface area contributed by atoms with Gasteiger partial charge in [-0.25, -0.2) is 0 Å². The Kier molecular flexibility index (Phi) is 3.79. The van der Waals surface area contributed by atoms with Crippen molar-refractivity contribution in [1.82, 2.24) is 0 Å². The summed E-state index contributed by atoms with van der Waals surface area (Å²) in [5, 5.41) is 3.71. The number of anilines is 1. The smallest absolute Gasteiger partial charge is 0.0702 e. The van der Waals surface area contributed by atoms with Gasteiger partial charge in [-0.05, 0) is 50.3 Å². The highest BCUT2D eigenvalue weighted by Gasteiger charge is 2.38. The standard InChI is InChI=1S/C17H25NO/c1-14-6-5-7-15(12-14)18-16-8-11-19-17(13-16)9-3-2-4-10-17/h5-7,12,16,18H,2-4,8-11,13H2,1H3. The topological polar surface area (TPSA) is 21.3 Å². The van der Waals surface area contributed by atoms with Gasteiger partial charge in [-0.3, -0.25) is 0 Å². The van der Waals surface area contributed by atoms with Gasteiger partial charge in [-0.2, -0.15) is 0 Å². The summed E-state index contributed by atoms with van der Waals surface area (Å²) >= 11 is 0. The van der Waals surface area contributed by atoms with E-state index in [1.807, 2.05) is 0 Å². The molecule has 0 radical (unpaired) electrons. The Bertz CT molecular complexity index is 418. The maximum Gasteiger partial charge on any atom is 0.0702 e. The van der Waals surface area contributed by atoms with Gasteiger partial charge in [0, 0.05) is 18.3 Å². The van der Waals surface area contributed by atoms with Crippen molar-refractivity contribution in [3.8, 4) is 0 Å². The van der Waals surface area contributed by atoms with E-state index >= 15 is 0 Å². The lowest BCUT2D eigenvalue weighted by Gasteiger charge is -2.44. The Morgan fingerprint density at radius 3 is 2.84 bits per heavy atom. The molecule has 1 saturated heterocycles. The average Bonchev–Trinajstić information content (AvgIpc) is 2.40. The number of ether oxygens (including phenoxy) is 1. The van der Waals surface area contributed by atoms with E-state index in [2.05, 4.69) is 36.5 Å². The second-order valence-electron chi connectivity index (χ2n) is 6.30. The first kappa shape index (κ1) is 13.0. The Hall–Kier alpha value is -1.02. The van der Waals surface area contributed by atoms with Crippen molar-refractivity contribution >= 4 is 5.69 Å². The van der Waals surface area contributed by atoms with E-state index < -0.39 is 0 Å². The van der Waals surface area contributed by atoms with E-state index in [4.69, 9.17) is 4.74 Å². The highest BCUT2D eigenvalue weighted by Crippen LogP contribution is 2.39. The SMILES string of the molecule is Cc1cccc(NC2CCOC3(CCCCC3)C2)c1. The lowest BCUT2D eigenvalue weighted by atomic mass is 9.78. The molecule has 1 aliphatic heterocycles. The quantitative estimate of drug-likeness (QED) is 0.855. The van der Waals surface area contributed by atoms with Crippen LogP contribution in [0.3, 0.4) is 0 Å².